The van der Waals surface area contributed by atoms with Crippen molar-refractivity contribution in [3.63, 3.8) is 0 Å². The molecule has 27 heavy (non-hydrogen) atoms. The minimum absolute atomic E-state index is 0.255. The van der Waals surface area contributed by atoms with Gasteiger partial charge in [-0.1, -0.05) is 6.07 Å². The lowest BCUT2D eigenvalue weighted by Gasteiger charge is -2.14. The second-order valence-corrected chi connectivity index (χ2v) is 7.85. The first-order chi connectivity index (χ1) is 13.1. The Balaban J connectivity index is 1.75. The van der Waals surface area contributed by atoms with Crippen molar-refractivity contribution in [3.05, 3.63) is 69.9 Å². The molecule has 134 valence electrons. The van der Waals surface area contributed by atoms with E-state index in [4.69, 9.17) is 0 Å². The first kappa shape index (κ1) is 16.3. The normalized spacial score (nSPS) is 13.3. The zero-order chi connectivity index (χ0) is 18.5. The minimum atomic E-state index is -0.388. The lowest BCUT2D eigenvalue weighted by atomic mass is 10.1. The van der Waals surface area contributed by atoms with E-state index in [-0.39, 0.29) is 11.4 Å². The number of nitrogens with zero attached hydrogens (tertiary/aromatic N) is 1. The second kappa shape index (κ2) is 6.09. The summed E-state index contributed by atoms with van der Waals surface area (Å²) in [5.74, 6) is 1.32. The lowest BCUT2D eigenvalue weighted by molar-refractivity contribution is 0.629. The molecule has 2 aromatic heterocycles. The lowest BCUT2D eigenvalue weighted by Crippen LogP contribution is -2.08. The smallest absolute Gasteiger partial charge is 0.256 e. The van der Waals surface area contributed by atoms with Gasteiger partial charge < -0.3 is 10.3 Å². The summed E-state index contributed by atoms with van der Waals surface area (Å²) in [6.07, 6.45) is 2.69. The largest absolute Gasteiger partial charge is 0.339 e. The molecule has 0 aliphatic carbocycles. The molecule has 4 aromatic rings. The maximum absolute atomic E-state index is 13.8. The Morgan fingerprint density at radius 3 is 2.96 bits per heavy atom. The zero-order valence-corrected chi connectivity index (χ0v) is 15.4. The van der Waals surface area contributed by atoms with E-state index in [9.17, 15) is 9.18 Å². The Labute approximate surface area is 158 Å². The molecule has 0 radical (unpaired) electrons. The highest BCUT2D eigenvalue weighted by Crippen LogP contribution is 2.37. The van der Waals surface area contributed by atoms with Gasteiger partial charge in [0.05, 0.1) is 10.9 Å². The first-order valence-electron chi connectivity index (χ1n) is 8.74. The molecule has 1 aliphatic rings. The van der Waals surface area contributed by atoms with Crippen LogP contribution in [0.15, 0.2) is 52.3 Å². The molecule has 0 unspecified atom stereocenters. The van der Waals surface area contributed by atoms with Crippen molar-refractivity contribution in [1.29, 1.82) is 0 Å². The van der Waals surface area contributed by atoms with Crippen LogP contribution in [-0.4, -0.2) is 15.7 Å². The molecule has 0 bridgehead atoms. The van der Waals surface area contributed by atoms with E-state index in [1.165, 1.54) is 22.6 Å². The Kier molecular flexibility index (Phi) is 3.68. The van der Waals surface area contributed by atoms with Gasteiger partial charge in [0, 0.05) is 33.3 Å². The fourth-order valence-electron chi connectivity index (χ4n) is 3.64. The van der Waals surface area contributed by atoms with Crippen molar-refractivity contribution < 1.29 is 4.39 Å². The molecular weight excluding hydrogens is 361 g/mol. The van der Waals surface area contributed by atoms with E-state index in [2.05, 4.69) is 34.3 Å². The third-order valence-corrected chi connectivity index (χ3v) is 6.06. The number of aromatic amines is 1. The van der Waals surface area contributed by atoms with Gasteiger partial charge in [0.2, 0.25) is 0 Å². The number of rotatable bonds is 2. The van der Waals surface area contributed by atoms with Crippen molar-refractivity contribution in [2.24, 2.45) is 0 Å². The number of aryl methyl sites for hydroxylation is 2. The third-order valence-electron chi connectivity index (χ3n) is 4.97. The van der Waals surface area contributed by atoms with Gasteiger partial charge in [-0.05, 0) is 54.8 Å². The predicted molar refractivity (Wildman–Crippen MR) is 109 cm³/mol. The van der Waals surface area contributed by atoms with Crippen molar-refractivity contribution >= 4 is 44.9 Å². The van der Waals surface area contributed by atoms with Crippen molar-refractivity contribution in [2.45, 2.75) is 18.2 Å². The van der Waals surface area contributed by atoms with Crippen molar-refractivity contribution in [1.82, 2.24) is 9.97 Å². The van der Waals surface area contributed by atoms with Gasteiger partial charge in [-0.3, -0.25) is 4.79 Å². The summed E-state index contributed by atoms with van der Waals surface area (Å²) in [6.45, 7) is 2.07. The fraction of sp³-hybridized carbons (Fsp3) is 0.143. The maximum atomic E-state index is 13.8. The molecular formula is C21H16FN3OS. The van der Waals surface area contributed by atoms with E-state index < -0.39 is 0 Å². The average molecular weight is 377 g/mol. The molecule has 6 heteroatoms. The van der Waals surface area contributed by atoms with Gasteiger partial charge in [0.15, 0.2) is 0 Å². The predicted octanol–water partition coefficient (Wildman–Crippen LogP) is 4.92. The molecule has 0 amide bonds. The Morgan fingerprint density at radius 1 is 1.19 bits per heavy atom. The number of fused-ring (bicyclic) bond motifs is 4. The van der Waals surface area contributed by atoms with Crippen LogP contribution >= 0.6 is 11.8 Å². The van der Waals surface area contributed by atoms with Crippen LogP contribution in [0.2, 0.25) is 0 Å². The highest BCUT2D eigenvalue weighted by molar-refractivity contribution is 7.99. The van der Waals surface area contributed by atoms with Gasteiger partial charge in [0.25, 0.3) is 5.56 Å². The molecule has 0 saturated heterocycles. The molecule has 1 aliphatic heterocycles. The Hall–Kier alpha value is -2.86. The summed E-state index contributed by atoms with van der Waals surface area (Å²) in [6, 6.07) is 10.5. The SMILES string of the molecule is Cc1cc2c(cc1Nc1nc3ccc(F)cc3c3c(=O)[nH]ccc13)SCC2. The van der Waals surface area contributed by atoms with Crippen molar-refractivity contribution in [3.8, 4) is 0 Å². The summed E-state index contributed by atoms with van der Waals surface area (Å²) in [4.78, 5) is 21.1. The van der Waals surface area contributed by atoms with Crippen LogP contribution in [0.25, 0.3) is 21.7 Å². The first-order valence-corrected chi connectivity index (χ1v) is 9.73. The molecule has 5 rings (SSSR count). The molecule has 3 heterocycles. The number of aromatic nitrogens is 2. The zero-order valence-electron chi connectivity index (χ0n) is 14.6. The molecule has 2 aromatic carbocycles. The number of anilines is 2. The van der Waals surface area contributed by atoms with Crippen LogP contribution in [-0.2, 0) is 6.42 Å². The average Bonchev–Trinajstić information content (AvgIpc) is 3.09. The molecule has 2 N–H and O–H groups in total. The van der Waals surface area contributed by atoms with Gasteiger partial charge in [-0.2, -0.15) is 0 Å². The number of pyridine rings is 2. The van der Waals surface area contributed by atoms with Gasteiger partial charge >= 0.3 is 0 Å². The number of nitrogens with one attached hydrogen (secondary N) is 2. The number of thioether (sulfide) groups is 1. The van der Waals surface area contributed by atoms with Crippen LogP contribution in [0.5, 0.6) is 0 Å². The maximum Gasteiger partial charge on any atom is 0.256 e. The van der Waals surface area contributed by atoms with E-state index in [1.807, 2.05) is 11.8 Å². The summed E-state index contributed by atoms with van der Waals surface area (Å²) in [7, 11) is 0. The number of H-pyrrole nitrogens is 1. The summed E-state index contributed by atoms with van der Waals surface area (Å²) >= 11 is 1.85. The molecule has 0 fully saturated rings. The van der Waals surface area contributed by atoms with E-state index >= 15 is 0 Å². The van der Waals surface area contributed by atoms with Gasteiger partial charge in [-0.25, -0.2) is 9.37 Å². The van der Waals surface area contributed by atoms with Gasteiger partial charge in [0.1, 0.15) is 11.6 Å². The summed E-state index contributed by atoms with van der Waals surface area (Å²) in [5, 5.41) is 5.03. The highest BCUT2D eigenvalue weighted by Gasteiger charge is 2.16. The Morgan fingerprint density at radius 2 is 2.07 bits per heavy atom. The van der Waals surface area contributed by atoms with Crippen LogP contribution in [0.4, 0.5) is 15.9 Å². The highest BCUT2D eigenvalue weighted by atomic mass is 32.2. The fourth-order valence-corrected chi connectivity index (χ4v) is 4.73. The standard InChI is InChI=1S/C21H16FN3OS/c1-11-8-12-5-7-27-18(12)10-17(11)25-20-14-4-6-23-21(26)19(14)15-9-13(22)2-3-16(15)24-20/h2-4,6,8-10H,5,7H2,1H3,(H,23,26)(H,24,25). The number of hydrogen-bond donors (Lipinski definition) is 2. The Bertz CT molecular complexity index is 1280. The third kappa shape index (κ3) is 2.68. The van der Waals surface area contributed by atoms with E-state index in [1.54, 1.807) is 18.3 Å². The number of hydrogen-bond acceptors (Lipinski definition) is 4. The van der Waals surface area contributed by atoms with Crippen molar-refractivity contribution in [2.75, 3.05) is 11.1 Å². The van der Waals surface area contributed by atoms with Gasteiger partial charge in [-0.15, -0.1) is 11.8 Å². The van der Waals surface area contributed by atoms with Crippen LogP contribution in [0, 0.1) is 12.7 Å². The second-order valence-electron chi connectivity index (χ2n) is 6.72. The summed E-state index contributed by atoms with van der Waals surface area (Å²) in [5.41, 5.74) is 3.81. The van der Waals surface area contributed by atoms with Crippen LogP contribution in [0.1, 0.15) is 11.1 Å². The van der Waals surface area contributed by atoms with E-state index in [0.717, 1.165) is 23.4 Å². The minimum Gasteiger partial charge on any atom is -0.339 e. The van der Waals surface area contributed by atoms with E-state index in [0.29, 0.717) is 27.5 Å². The van der Waals surface area contributed by atoms with Crippen LogP contribution in [0.3, 0.4) is 0 Å². The molecule has 4 nitrogen and oxygen atoms in total. The quantitative estimate of drug-likeness (QED) is 0.487. The monoisotopic (exact) mass is 377 g/mol. The topological polar surface area (TPSA) is 57.8 Å². The summed E-state index contributed by atoms with van der Waals surface area (Å²) < 4.78 is 13.8. The molecule has 0 atom stereocenters. The molecule has 0 spiro atoms. The number of benzene rings is 2. The molecule has 0 saturated carbocycles. The van der Waals surface area contributed by atoms with Crippen LogP contribution < -0.4 is 10.9 Å². The number of halogens is 1.